The molecule has 22 heavy (non-hydrogen) atoms. The second-order valence-corrected chi connectivity index (χ2v) is 6.43. The molecular formula is C16H17N3O2S. The zero-order valence-electron chi connectivity index (χ0n) is 11.9. The van der Waals surface area contributed by atoms with Crippen molar-refractivity contribution in [1.82, 2.24) is 15.6 Å². The third-order valence-electron chi connectivity index (χ3n) is 4.74. The lowest BCUT2D eigenvalue weighted by atomic mass is 9.86. The molecule has 2 aromatic rings. The molecule has 6 heteroatoms. The minimum absolute atomic E-state index is 0.0697. The van der Waals surface area contributed by atoms with Gasteiger partial charge in [-0.05, 0) is 18.1 Å². The van der Waals surface area contributed by atoms with Crippen molar-refractivity contribution in [3.8, 4) is 0 Å². The maximum Gasteiger partial charge on any atom is 0.321 e. The molecule has 114 valence electrons. The van der Waals surface area contributed by atoms with Gasteiger partial charge in [-0.1, -0.05) is 30.4 Å². The van der Waals surface area contributed by atoms with Gasteiger partial charge in [-0.25, -0.2) is 0 Å². The van der Waals surface area contributed by atoms with Crippen LogP contribution in [0, 0.1) is 5.92 Å². The Morgan fingerprint density at radius 1 is 1.32 bits per heavy atom. The van der Waals surface area contributed by atoms with E-state index >= 15 is 0 Å². The first-order valence-corrected chi connectivity index (χ1v) is 7.92. The number of rotatable bonds is 2. The number of aromatic amines is 1. The number of aliphatic carboxylic acids is 1. The van der Waals surface area contributed by atoms with Gasteiger partial charge in [0.2, 0.25) is 0 Å². The van der Waals surface area contributed by atoms with Crippen LogP contribution in [0.3, 0.4) is 0 Å². The molecule has 3 atom stereocenters. The molecular weight excluding hydrogens is 298 g/mol. The second-order valence-electron chi connectivity index (χ2n) is 5.99. The van der Waals surface area contributed by atoms with Gasteiger partial charge in [0, 0.05) is 35.5 Å². The monoisotopic (exact) mass is 315 g/mol. The van der Waals surface area contributed by atoms with E-state index in [2.05, 4.69) is 21.7 Å². The molecule has 2 aliphatic heterocycles. The highest BCUT2D eigenvalue weighted by atomic mass is 32.1. The molecule has 0 aliphatic carbocycles. The van der Waals surface area contributed by atoms with Crippen LogP contribution in [0.5, 0.6) is 0 Å². The number of fused-ring (bicyclic) bond motifs is 3. The molecule has 2 aliphatic rings. The van der Waals surface area contributed by atoms with E-state index in [0.29, 0.717) is 6.42 Å². The Morgan fingerprint density at radius 2 is 2.14 bits per heavy atom. The van der Waals surface area contributed by atoms with Gasteiger partial charge in [0.15, 0.2) is 0 Å². The van der Waals surface area contributed by atoms with Crippen molar-refractivity contribution in [2.75, 3.05) is 6.54 Å². The topological polar surface area (TPSA) is 77.1 Å². The minimum atomic E-state index is -0.808. The molecule has 4 N–H and O–H groups in total. The Bertz CT molecular complexity index is 770. The minimum Gasteiger partial charge on any atom is -0.480 e. The highest BCUT2D eigenvalue weighted by molar-refractivity contribution is 7.80. The largest absolute Gasteiger partial charge is 0.480 e. The maximum atomic E-state index is 11.5. The van der Waals surface area contributed by atoms with E-state index in [1.165, 1.54) is 0 Å². The first-order valence-electron chi connectivity index (χ1n) is 7.51. The van der Waals surface area contributed by atoms with Crippen molar-refractivity contribution in [2.24, 2.45) is 5.92 Å². The van der Waals surface area contributed by atoms with Gasteiger partial charge < -0.3 is 15.4 Å². The van der Waals surface area contributed by atoms with Crippen LogP contribution < -0.4 is 10.6 Å². The van der Waals surface area contributed by atoms with Gasteiger partial charge in [0.05, 0.1) is 11.0 Å². The Labute approximate surface area is 133 Å². The van der Waals surface area contributed by atoms with Crippen LogP contribution in [-0.2, 0) is 11.2 Å². The summed E-state index contributed by atoms with van der Waals surface area (Å²) in [7, 11) is 0. The first-order chi connectivity index (χ1) is 10.6. The molecule has 0 unspecified atom stereocenters. The van der Waals surface area contributed by atoms with Gasteiger partial charge >= 0.3 is 5.97 Å². The van der Waals surface area contributed by atoms with Crippen molar-refractivity contribution >= 4 is 34.1 Å². The van der Waals surface area contributed by atoms with Crippen LogP contribution in [0.4, 0.5) is 0 Å². The second kappa shape index (κ2) is 5.07. The Morgan fingerprint density at radius 3 is 2.86 bits per heavy atom. The van der Waals surface area contributed by atoms with Gasteiger partial charge in [-0.2, -0.15) is 0 Å². The molecule has 3 heterocycles. The van der Waals surface area contributed by atoms with Gasteiger partial charge in [0.1, 0.15) is 6.04 Å². The van der Waals surface area contributed by atoms with Gasteiger partial charge in [0.25, 0.3) is 0 Å². The van der Waals surface area contributed by atoms with Crippen LogP contribution in [0.15, 0.2) is 24.3 Å². The molecule has 5 nitrogen and oxygen atoms in total. The SMILES string of the molecule is O=C(O)[C@@H]1Cc2c([nH]c3ccccc23)[C@@H]([C@H]2CCNC2=S)N1. The molecule has 4 rings (SSSR count). The molecule has 0 bridgehead atoms. The van der Waals surface area contributed by atoms with E-state index < -0.39 is 12.0 Å². The Hall–Kier alpha value is -1.92. The number of carboxylic acid groups (broad SMARTS) is 1. The Balaban J connectivity index is 1.85. The standard InChI is InChI=1S/C16H17N3O2S/c20-16(21)12-7-10-8-3-1-2-4-11(8)18-14(10)13(19-12)9-5-6-17-15(9)22/h1-4,9,12-13,18-19H,5-7H2,(H,17,22)(H,20,21)/t9-,12+,13-/m1/s1. The lowest BCUT2D eigenvalue weighted by molar-refractivity contribution is -0.140. The van der Waals surface area contributed by atoms with Crippen LogP contribution in [-0.4, -0.2) is 33.6 Å². The number of carboxylic acids is 1. The average molecular weight is 315 g/mol. The molecule has 1 aromatic carbocycles. The highest BCUT2D eigenvalue weighted by Gasteiger charge is 2.39. The summed E-state index contributed by atoms with van der Waals surface area (Å²) in [6.07, 6.45) is 1.43. The third kappa shape index (κ3) is 2.02. The number of para-hydroxylation sites is 1. The normalized spacial score (nSPS) is 27.6. The van der Waals surface area contributed by atoms with Crippen molar-refractivity contribution < 1.29 is 9.90 Å². The van der Waals surface area contributed by atoms with E-state index in [4.69, 9.17) is 12.2 Å². The highest BCUT2D eigenvalue weighted by Crippen LogP contribution is 2.37. The third-order valence-corrected chi connectivity index (χ3v) is 5.19. The summed E-state index contributed by atoms with van der Waals surface area (Å²) >= 11 is 5.42. The number of nitrogens with one attached hydrogen (secondary N) is 3. The van der Waals surface area contributed by atoms with E-state index in [-0.39, 0.29) is 12.0 Å². The predicted molar refractivity (Wildman–Crippen MR) is 88.0 cm³/mol. The summed E-state index contributed by atoms with van der Waals surface area (Å²) in [6.45, 7) is 0.856. The lowest BCUT2D eigenvalue weighted by Gasteiger charge is -2.32. The lowest BCUT2D eigenvalue weighted by Crippen LogP contribution is -2.47. The molecule has 0 spiro atoms. The summed E-state index contributed by atoms with van der Waals surface area (Å²) in [6, 6.07) is 7.43. The Kier molecular flexibility index (Phi) is 3.16. The predicted octanol–water partition coefficient (Wildman–Crippen LogP) is 1.74. The quantitative estimate of drug-likeness (QED) is 0.635. The van der Waals surface area contributed by atoms with Crippen molar-refractivity contribution in [3.05, 3.63) is 35.5 Å². The number of benzene rings is 1. The van der Waals surface area contributed by atoms with E-state index in [1.807, 2.05) is 18.2 Å². The zero-order chi connectivity index (χ0) is 15.3. The van der Waals surface area contributed by atoms with E-state index in [9.17, 15) is 9.90 Å². The first kappa shape index (κ1) is 13.7. The fourth-order valence-corrected chi connectivity index (χ4v) is 4.03. The number of aromatic nitrogens is 1. The van der Waals surface area contributed by atoms with Crippen LogP contribution in [0.1, 0.15) is 23.7 Å². The summed E-state index contributed by atoms with van der Waals surface area (Å²) in [5.41, 5.74) is 3.26. The van der Waals surface area contributed by atoms with Crippen molar-refractivity contribution in [1.29, 1.82) is 0 Å². The zero-order valence-corrected chi connectivity index (χ0v) is 12.7. The molecule has 1 aromatic heterocycles. The molecule has 1 fully saturated rings. The molecule has 0 amide bonds. The van der Waals surface area contributed by atoms with Gasteiger partial charge in [-0.15, -0.1) is 0 Å². The number of thiocarbonyl (C=S) groups is 1. The van der Waals surface area contributed by atoms with Gasteiger partial charge in [-0.3, -0.25) is 10.1 Å². The van der Waals surface area contributed by atoms with Crippen LogP contribution in [0.25, 0.3) is 10.9 Å². The smallest absolute Gasteiger partial charge is 0.321 e. The molecule has 1 saturated heterocycles. The molecule has 0 saturated carbocycles. The number of carbonyl (C=O) groups is 1. The van der Waals surface area contributed by atoms with Crippen LogP contribution >= 0.6 is 12.2 Å². The fourth-order valence-electron chi connectivity index (χ4n) is 3.68. The van der Waals surface area contributed by atoms with Crippen LogP contribution in [0.2, 0.25) is 0 Å². The summed E-state index contributed by atoms with van der Waals surface area (Å²) < 4.78 is 0. The van der Waals surface area contributed by atoms with E-state index in [0.717, 1.165) is 40.1 Å². The summed E-state index contributed by atoms with van der Waals surface area (Å²) in [4.78, 5) is 15.9. The van der Waals surface area contributed by atoms with Crippen molar-refractivity contribution in [3.63, 3.8) is 0 Å². The average Bonchev–Trinajstić information content (AvgIpc) is 3.09. The number of hydrogen-bond donors (Lipinski definition) is 4. The summed E-state index contributed by atoms with van der Waals surface area (Å²) in [5, 5.41) is 17.1. The number of H-pyrrole nitrogens is 1. The summed E-state index contributed by atoms with van der Waals surface area (Å²) in [5.74, 6) is -0.665. The van der Waals surface area contributed by atoms with E-state index in [1.54, 1.807) is 0 Å². The maximum absolute atomic E-state index is 11.5. The number of hydrogen-bond acceptors (Lipinski definition) is 3. The van der Waals surface area contributed by atoms with Crippen molar-refractivity contribution in [2.45, 2.75) is 24.9 Å². The molecule has 0 radical (unpaired) electrons. The fraction of sp³-hybridized carbons (Fsp3) is 0.375.